The van der Waals surface area contributed by atoms with E-state index in [0.29, 0.717) is 12.8 Å². The van der Waals surface area contributed by atoms with Gasteiger partial charge in [0.2, 0.25) is 0 Å². The lowest BCUT2D eigenvalue weighted by Crippen LogP contribution is -2.02. The zero-order chi connectivity index (χ0) is 10.7. The average Bonchev–Trinajstić information content (AvgIpc) is 2.78. The first-order chi connectivity index (χ1) is 7.27. The van der Waals surface area contributed by atoms with Crippen LogP contribution in [0.3, 0.4) is 0 Å². The zero-order valence-corrected chi connectivity index (χ0v) is 9.44. The number of carbonyl (C=O) groups excluding carboxylic acids is 2. The number of rotatable bonds is 4. The van der Waals surface area contributed by atoms with Gasteiger partial charge in [-0.3, -0.25) is 9.59 Å². The lowest BCUT2D eigenvalue weighted by molar-refractivity contribution is -0.115. The first-order valence-electron chi connectivity index (χ1n) is 5.29. The molecule has 0 spiro atoms. The Morgan fingerprint density at radius 3 is 1.73 bits per heavy atom. The van der Waals surface area contributed by atoms with Gasteiger partial charge in [0.05, 0.1) is 0 Å². The zero-order valence-electron chi connectivity index (χ0n) is 8.62. The highest BCUT2D eigenvalue weighted by Gasteiger charge is 2.17. The molecule has 0 bridgehead atoms. The van der Waals surface area contributed by atoms with Gasteiger partial charge in [-0.1, -0.05) is 12.2 Å². The fourth-order valence-electron chi connectivity index (χ4n) is 1.85. The fraction of sp³-hybridized carbons (Fsp3) is 0.500. The van der Waals surface area contributed by atoms with Gasteiger partial charge >= 0.3 is 0 Å². The highest BCUT2D eigenvalue weighted by atomic mass is 32.2. The van der Waals surface area contributed by atoms with Gasteiger partial charge in [-0.2, -0.15) is 11.8 Å². The molecule has 0 unspecified atom stereocenters. The van der Waals surface area contributed by atoms with E-state index >= 15 is 0 Å². The second kappa shape index (κ2) is 4.79. The molecule has 0 N–H and O–H groups in total. The average molecular weight is 222 g/mol. The van der Waals surface area contributed by atoms with Gasteiger partial charge in [0.1, 0.15) is 0 Å². The number of ketones is 2. The topological polar surface area (TPSA) is 34.1 Å². The Kier molecular flexibility index (Phi) is 3.41. The SMILES string of the molecule is O=C1CCC=C1CSCC1=CCCC1=O. The summed E-state index contributed by atoms with van der Waals surface area (Å²) >= 11 is 1.68. The molecule has 0 heterocycles. The van der Waals surface area contributed by atoms with E-state index in [2.05, 4.69) is 0 Å². The molecule has 15 heavy (non-hydrogen) atoms. The second-order valence-electron chi connectivity index (χ2n) is 3.88. The van der Waals surface area contributed by atoms with Gasteiger partial charge in [0, 0.05) is 35.5 Å². The Balaban J connectivity index is 1.75. The van der Waals surface area contributed by atoms with Crippen LogP contribution in [0.4, 0.5) is 0 Å². The summed E-state index contributed by atoms with van der Waals surface area (Å²) in [4.78, 5) is 22.6. The van der Waals surface area contributed by atoms with Crippen molar-refractivity contribution in [1.82, 2.24) is 0 Å². The molecular formula is C12H14O2S. The van der Waals surface area contributed by atoms with E-state index < -0.39 is 0 Å². The lowest BCUT2D eigenvalue weighted by Gasteiger charge is -2.01. The van der Waals surface area contributed by atoms with Crippen LogP contribution in [0, 0.1) is 0 Å². The normalized spacial score (nSPS) is 20.8. The molecular weight excluding hydrogens is 208 g/mol. The van der Waals surface area contributed by atoms with Crippen LogP contribution in [0.15, 0.2) is 23.3 Å². The van der Waals surface area contributed by atoms with Crippen molar-refractivity contribution in [3.05, 3.63) is 23.3 Å². The third-order valence-corrected chi connectivity index (χ3v) is 3.79. The van der Waals surface area contributed by atoms with E-state index in [1.165, 1.54) is 0 Å². The summed E-state index contributed by atoms with van der Waals surface area (Å²) in [7, 11) is 0. The van der Waals surface area contributed by atoms with Gasteiger partial charge < -0.3 is 0 Å². The fourth-order valence-corrected chi connectivity index (χ4v) is 2.95. The van der Waals surface area contributed by atoms with Crippen LogP contribution < -0.4 is 0 Å². The van der Waals surface area contributed by atoms with Crippen molar-refractivity contribution in [1.29, 1.82) is 0 Å². The van der Waals surface area contributed by atoms with Crippen LogP contribution in [0.1, 0.15) is 25.7 Å². The molecule has 0 fully saturated rings. The number of allylic oxidation sites excluding steroid dienone is 2. The van der Waals surface area contributed by atoms with Crippen molar-refractivity contribution in [3.63, 3.8) is 0 Å². The third kappa shape index (κ3) is 2.59. The second-order valence-corrected chi connectivity index (χ2v) is 4.86. The Bertz CT molecular complexity index is 319. The minimum atomic E-state index is 0.286. The van der Waals surface area contributed by atoms with Gasteiger partial charge in [-0.25, -0.2) is 0 Å². The molecule has 2 nitrogen and oxygen atoms in total. The lowest BCUT2D eigenvalue weighted by atomic mass is 10.2. The van der Waals surface area contributed by atoms with Gasteiger partial charge in [0.15, 0.2) is 11.6 Å². The molecule has 2 rings (SSSR count). The van der Waals surface area contributed by atoms with E-state index in [9.17, 15) is 9.59 Å². The standard InChI is InChI=1S/C12H14O2S/c13-11-5-1-3-9(11)7-15-8-10-4-2-6-12(10)14/h3-4H,1-2,5-8H2. The molecule has 0 saturated carbocycles. The molecule has 2 aliphatic rings. The molecule has 3 heteroatoms. The molecule has 0 aromatic heterocycles. The molecule has 0 aliphatic heterocycles. The van der Waals surface area contributed by atoms with Crippen LogP contribution in [-0.2, 0) is 9.59 Å². The van der Waals surface area contributed by atoms with Crippen molar-refractivity contribution < 1.29 is 9.59 Å². The monoisotopic (exact) mass is 222 g/mol. The van der Waals surface area contributed by atoms with E-state index in [1.807, 2.05) is 12.2 Å². The van der Waals surface area contributed by atoms with Crippen LogP contribution in [0.25, 0.3) is 0 Å². The summed E-state index contributed by atoms with van der Waals surface area (Å²) in [6, 6.07) is 0. The van der Waals surface area contributed by atoms with Crippen LogP contribution >= 0.6 is 11.8 Å². The van der Waals surface area contributed by atoms with Gasteiger partial charge in [-0.05, 0) is 12.8 Å². The number of hydrogen-bond acceptors (Lipinski definition) is 3. The number of thioether (sulfide) groups is 1. The van der Waals surface area contributed by atoms with E-state index in [-0.39, 0.29) is 11.6 Å². The Hall–Kier alpha value is -0.830. The maximum Gasteiger partial charge on any atom is 0.159 e. The minimum absolute atomic E-state index is 0.286. The summed E-state index contributed by atoms with van der Waals surface area (Å²) in [5, 5.41) is 0. The summed E-state index contributed by atoms with van der Waals surface area (Å²) in [6.07, 6.45) is 7.21. The van der Waals surface area contributed by atoms with Crippen LogP contribution in [-0.4, -0.2) is 23.1 Å². The van der Waals surface area contributed by atoms with E-state index in [1.54, 1.807) is 11.8 Å². The van der Waals surface area contributed by atoms with E-state index in [4.69, 9.17) is 0 Å². The largest absolute Gasteiger partial charge is 0.295 e. The van der Waals surface area contributed by atoms with Crippen LogP contribution in [0.2, 0.25) is 0 Å². The highest BCUT2D eigenvalue weighted by Crippen LogP contribution is 2.22. The van der Waals surface area contributed by atoms with Gasteiger partial charge in [0.25, 0.3) is 0 Å². The van der Waals surface area contributed by atoms with E-state index in [0.717, 1.165) is 35.5 Å². The van der Waals surface area contributed by atoms with Gasteiger partial charge in [-0.15, -0.1) is 0 Å². The molecule has 0 radical (unpaired) electrons. The smallest absolute Gasteiger partial charge is 0.159 e. The predicted octanol–water partition coefficient (Wildman–Crippen LogP) is 2.30. The van der Waals surface area contributed by atoms with Crippen molar-refractivity contribution in [2.75, 3.05) is 11.5 Å². The highest BCUT2D eigenvalue weighted by molar-refractivity contribution is 7.99. The van der Waals surface area contributed by atoms with Crippen molar-refractivity contribution in [2.24, 2.45) is 0 Å². The Labute approximate surface area is 93.8 Å². The maximum absolute atomic E-state index is 11.3. The molecule has 0 saturated heterocycles. The maximum atomic E-state index is 11.3. The first-order valence-corrected chi connectivity index (χ1v) is 6.45. The number of hydrogen-bond donors (Lipinski definition) is 0. The summed E-state index contributed by atoms with van der Waals surface area (Å²) < 4.78 is 0. The molecule has 0 amide bonds. The Morgan fingerprint density at radius 1 is 0.933 bits per heavy atom. The van der Waals surface area contributed by atoms with Crippen molar-refractivity contribution in [3.8, 4) is 0 Å². The van der Waals surface area contributed by atoms with Crippen molar-refractivity contribution >= 4 is 23.3 Å². The van der Waals surface area contributed by atoms with Crippen molar-refractivity contribution in [2.45, 2.75) is 25.7 Å². The predicted molar refractivity (Wildman–Crippen MR) is 62.0 cm³/mol. The minimum Gasteiger partial charge on any atom is -0.295 e. The molecule has 0 aromatic carbocycles. The van der Waals surface area contributed by atoms with Crippen LogP contribution in [0.5, 0.6) is 0 Å². The molecule has 2 aliphatic carbocycles. The molecule has 0 aromatic rings. The quantitative estimate of drug-likeness (QED) is 0.732. The molecule has 80 valence electrons. The third-order valence-electron chi connectivity index (χ3n) is 2.76. The molecule has 0 atom stereocenters. The summed E-state index contributed by atoms with van der Waals surface area (Å²) in [5.41, 5.74) is 1.90. The Morgan fingerprint density at radius 2 is 1.40 bits per heavy atom. The number of Topliss-reactive ketones (excluding diaryl/α,β-unsaturated/α-hetero) is 2. The first kappa shape index (κ1) is 10.7. The summed E-state index contributed by atoms with van der Waals surface area (Å²) in [5.74, 6) is 2.11. The summed E-state index contributed by atoms with van der Waals surface area (Å²) in [6.45, 7) is 0. The number of carbonyl (C=O) groups is 2.